The number of likely N-dealkylation sites (tertiary alicyclic amines) is 1. The molecule has 0 bridgehead atoms. The summed E-state index contributed by atoms with van der Waals surface area (Å²) in [5.74, 6) is -1.53. The fraction of sp³-hybridized carbons (Fsp3) is 0.360. The van der Waals surface area contributed by atoms with Crippen LogP contribution in [0.5, 0.6) is 0 Å². The van der Waals surface area contributed by atoms with E-state index in [4.69, 9.17) is 15.7 Å². The third kappa shape index (κ3) is 5.40. The second-order valence-electron chi connectivity index (χ2n) is 7.98. The van der Waals surface area contributed by atoms with Gasteiger partial charge in [-0.15, -0.1) is 0 Å². The van der Waals surface area contributed by atoms with Crippen LogP contribution in [-0.2, 0) is 20.7 Å². The molecule has 7 nitrogen and oxygen atoms in total. The number of amides is 1. The van der Waals surface area contributed by atoms with Crippen LogP contribution >= 0.6 is 0 Å². The highest BCUT2D eigenvalue weighted by atomic mass is 16.5. The molecule has 2 aromatic carbocycles. The molecule has 3 rings (SSSR count). The van der Waals surface area contributed by atoms with Crippen LogP contribution < -0.4 is 5.73 Å². The minimum Gasteiger partial charge on any atom is -0.469 e. The molecular weight excluding hydrogens is 406 g/mol. The van der Waals surface area contributed by atoms with Gasteiger partial charge in [0.25, 0.3) is 0 Å². The molecule has 1 aliphatic heterocycles. The number of nitriles is 1. The Kier molecular flexibility index (Phi) is 7.74. The number of ketones is 1. The Morgan fingerprint density at radius 1 is 1.22 bits per heavy atom. The van der Waals surface area contributed by atoms with E-state index in [2.05, 4.69) is 0 Å². The number of methoxy groups -OCH3 is 1. The average molecular weight is 434 g/mol. The maximum Gasteiger partial charge on any atom is 0.306 e. The Morgan fingerprint density at radius 3 is 2.66 bits per heavy atom. The van der Waals surface area contributed by atoms with Gasteiger partial charge in [-0.1, -0.05) is 42.5 Å². The van der Waals surface area contributed by atoms with E-state index < -0.39 is 24.0 Å². The van der Waals surface area contributed by atoms with Crippen molar-refractivity contribution in [3.05, 3.63) is 71.3 Å². The van der Waals surface area contributed by atoms with Gasteiger partial charge in [-0.2, -0.15) is 5.26 Å². The molecule has 1 heterocycles. The fourth-order valence-electron chi connectivity index (χ4n) is 4.20. The molecule has 0 radical (unpaired) electrons. The molecule has 1 amide bonds. The van der Waals surface area contributed by atoms with Crippen molar-refractivity contribution in [1.29, 1.82) is 5.26 Å². The largest absolute Gasteiger partial charge is 0.469 e. The first-order valence-electron chi connectivity index (χ1n) is 10.7. The second-order valence-corrected chi connectivity index (χ2v) is 7.98. The molecule has 0 spiro atoms. The summed E-state index contributed by atoms with van der Waals surface area (Å²) in [6, 6.07) is 16.9. The van der Waals surface area contributed by atoms with Gasteiger partial charge in [0.1, 0.15) is 0 Å². The third-order valence-corrected chi connectivity index (χ3v) is 5.90. The number of carbonyl (C=O) groups is 3. The molecule has 166 valence electrons. The third-order valence-electron chi connectivity index (χ3n) is 5.90. The van der Waals surface area contributed by atoms with Crippen molar-refractivity contribution in [2.24, 2.45) is 11.7 Å². The average Bonchev–Trinajstić information content (AvgIpc) is 3.13. The van der Waals surface area contributed by atoms with E-state index >= 15 is 0 Å². The number of nitrogens with two attached hydrogens (primary N) is 1. The van der Waals surface area contributed by atoms with E-state index in [1.54, 1.807) is 23.1 Å². The van der Waals surface area contributed by atoms with Gasteiger partial charge >= 0.3 is 5.97 Å². The van der Waals surface area contributed by atoms with Crippen LogP contribution in [0.4, 0.5) is 0 Å². The summed E-state index contributed by atoms with van der Waals surface area (Å²) in [6.45, 7) is 0.440. The smallest absolute Gasteiger partial charge is 0.306 e. The van der Waals surface area contributed by atoms with E-state index in [1.165, 1.54) is 13.2 Å². The molecule has 2 N–H and O–H groups in total. The van der Waals surface area contributed by atoms with E-state index in [1.807, 2.05) is 36.4 Å². The maximum atomic E-state index is 13.1. The number of carbonyl (C=O) groups excluding carboxylic acids is 3. The Morgan fingerprint density at radius 2 is 1.97 bits per heavy atom. The Labute approximate surface area is 187 Å². The quantitative estimate of drug-likeness (QED) is 0.480. The molecule has 1 fully saturated rings. The van der Waals surface area contributed by atoms with Gasteiger partial charge in [0.2, 0.25) is 5.91 Å². The molecule has 0 aliphatic carbocycles. The molecule has 1 unspecified atom stereocenters. The normalized spacial score (nSPS) is 18.8. The molecule has 1 aliphatic rings. The van der Waals surface area contributed by atoms with E-state index in [0.29, 0.717) is 30.5 Å². The highest BCUT2D eigenvalue weighted by Gasteiger charge is 2.44. The predicted octanol–water partition coefficient (Wildman–Crippen LogP) is 2.48. The zero-order chi connectivity index (χ0) is 23.1. The topological polar surface area (TPSA) is 113 Å². The van der Waals surface area contributed by atoms with E-state index in [-0.39, 0.29) is 18.1 Å². The number of rotatable bonds is 9. The standard InChI is InChI=1S/C25H27N3O4/c1-32-22(29)15-20-14-21(23(27)24(30)19-11-5-9-18(13-19)16-26)28(25(20)31)12-6-10-17-7-3-2-4-8-17/h2-5,7-9,11,13,20-21,23H,6,10,12,14-15,27H2,1H3/t20-,21-,23?/m0/s1. The first kappa shape index (κ1) is 23.2. The van der Waals surface area contributed by atoms with Crippen molar-refractivity contribution >= 4 is 17.7 Å². The van der Waals surface area contributed by atoms with Crippen molar-refractivity contribution < 1.29 is 19.1 Å². The van der Waals surface area contributed by atoms with E-state index in [0.717, 1.165) is 12.0 Å². The van der Waals surface area contributed by atoms with Crippen LogP contribution in [0.3, 0.4) is 0 Å². The molecule has 0 saturated carbocycles. The van der Waals surface area contributed by atoms with Crippen LogP contribution in [0.25, 0.3) is 0 Å². The first-order valence-corrected chi connectivity index (χ1v) is 10.7. The lowest BCUT2D eigenvalue weighted by molar-refractivity contribution is -0.144. The minimum atomic E-state index is -0.952. The van der Waals surface area contributed by atoms with E-state index in [9.17, 15) is 14.4 Å². The molecule has 2 aromatic rings. The highest BCUT2D eigenvalue weighted by Crippen LogP contribution is 2.30. The number of hydrogen-bond acceptors (Lipinski definition) is 6. The van der Waals surface area contributed by atoms with Crippen LogP contribution in [0.15, 0.2) is 54.6 Å². The minimum absolute atomic E-state index is 0.0359. The lowest BCUT2D eigenvalue weighted by Crippen LogP contribution is -2.50. The van der Waals surface area contributed by atoms with Crippen LogP contribution in [0, 0.1) is 17.2 Å². The summed E-state index contributed by atoms with van der Waals surface area (Å²) >= 11 is 0. The molecule has 3 atom stereocenters. The number of esters is 1. The van der Waals surface area contributed by atoms with Gasteiger partial charge in [0.05, 0.1) is 43.2 Å². The number of Topliss-reactive ketones (excluding diaryl/α,β-unsaturated/α-hetero) is 1. The summed E-state index contributed by atoms with van der Waals surface area (Å²) in [5.41, 5.74) is 8.23. The maximum absolute atomic E-state index is 13.1. The summed E-state index contributed by atoms with van der Waals surface area (Å²) in [7, 11) is 1.29. The van der Waals surface area contributed by atoms with Crippen molar-refractivity contribution in [2.45, 2.75) is 37.8 Å². The predicted molar refractivity (Wildman–Crippen MR) is 118 cm³/mol. The lowest BCUT2D eigenvalue weighted by Gasteiger charge is -2.29. The zero-order valence-electron chi connectivity index (χ0n) is 18.1. The van der Waals surface area contributed by atoms with Crippen LogP contribution in [-0.4, -0.2) is 48.3 Å². The Balaban J connectivity index is 1.76. The second kappa shape index (κ2) is 10.7. The number of nitrogens with zero attached hydrogens (tertiary/aromatic N) is 2. The number of ether oxygens (including phenoxy) is 1. The molecule has 1 saturated heterocycles. The molecule has 0 aromatic heterocycles. The number of hydrogen-bond donors (Lipinski definition) is 1. The van der Waals surface area contributed by atoms with Gasteiger partial charge < -0.3 is 15.4 Å². The summed E-state index contributed by atoms with van der Waals surface area (Å²) < 4.78 is 4.73. The van der Waals surface area contributed by atoms with Gasteiger partial charge in [-0.05, 0) is 37.0 Å². The number of benzene rings is 2. The van der Waals surface area contributed by atoms with Crippen molar-refractivity contribution in [2.75, 3.05) is 13.7 Å². The van der Waals surface area contributed by atoms with Crippen LogP contribution in [0.2, 0.25) is 0 Å². The summed E-state index contributed by atoms with van der Waals surface area (Å²) in [4.78, 5) is 39.6. The SMILES string of the molecule is COC(=O)C[C@@H]1C[C@@H](C(N)C(=O)c2cccc(C#N)c2)N(CCCc2ccccc2)C1=O. The summed E-state index contributed by atoms with van der Waals surface area (Å²) in [5, 5.41) is 9.11. The molecular formula is C25H27N3O4. The van der Waals surface area contributed by atoms with Crippen molar-refractivity contribution in [3.63, 3.8) is 0 Å². The zero-order valence-corrected chi connectivity index (χ0v) is 18.1. The fourth-order valence-corrected chi connectivity index (χ4v) is 4.20. The van der Waals surface area contributed by atoms with Crippen molar-refractivity contribution in [1.82, 2.24) is 4.90 Å². The van der Waals surface area contributed by atoms with Gasteiger partial charge in [0, 0.05) is 12.1 Å². The molecule has 7 heteroatoms. The van der Waals surface area contributed by atoms with Gasteiger partial charge in [-0.3, -0.25) is 14.4 Å². The highest BCUT2D eigenvalue weighted by molar-refractivity contribution is 6.01. The number of aryl methyl sites for hydroxylation is 1. The monoisotopic (exact) mass is 433 g/mol. The van der Waals surface area contributed by atoms with Crippen LogP contribution in [0.1, 0.15) is 40.7 Å². The first-order chi connectivity index (χ1) is 15.4. The Hall–Kier alpha value is -3.50. The van der Waals surface area contributed by atoms with Gasteiger partial charge in [-0.25, -0.2) is 0 Å². The summed E-state index contributed by atoms with van der Waals surface area (Å²) in [6.07, 6.45) is 1.77. The lowest BCUT2D eigenvalue weighted by atomic mass is 9.92. The van der Waals surface area contributed by atoms with Crippen molar-refractivity contribution in [3.8, 4) is 6.07 Å². The van der Waals surface area contributed by atoms with Gasteiger partial charge in [0.15, 0.2) is 5.78 Å². The Bertz CT molecular complexity index is 1020. The molecule has 32 heavy (non-hydrogen) atoms.